The number of rotatable bonds is 5. The highest BCUT2D eigenvalue weighted by molar-refractivity contribution is 7.91. The molecule has 1 aliphatic heterocycles. The van der Waals surface area contributed by atoms with E-state index in [2.05, 4.69) is 10.3 Å². The first kappa shape index (κ1) is 19.7. The van der Waals surface area contributed by atoms with Gasteiger partial charge >= 0.3 is 0 Å². The number of sulfonamides is 1. The lowest BCUT2D eigenvalue weighted by Crippen LogP contribution is -2.43. The second-order valence-corrected chi connectivity index (χ2v) is 11.8. The molecule has 1 unspecified atom stereocenters. The maximum atomic E-state index is 12.7. The van der Waals surface area contributed by atoms with Crippen LogP contribution < -0.4 is 5.32 Å². The van der Waals surface area contributed by atoms with E-state index in [9.17, 15) is 13.2 Å². The minimum atomic E-state index is -3.53. The smallest absolute Gasteiger partial charge is 0.252 e. The number of anilines is 1. The average molecular weight is 454 g/mol. The fraction of sp³-hybridized carbons (Fsp3) is 0.333. The molecule has 1 saturated heterocycles. The van der Waals surface area contributed by atoms with Crippen LogP contribution in [0.25, 0.3) is 10.6 Å². The van der Waals surface area contributed by atoms with Crippen molar-refractivity contribution in [1.82, 2.24) is 9.29 Å². The number of hydrogen-bond donors (Lipinski definition) is 1. The summed E-state index contributed by atoms with van der Waals surface area (Å²) in [6.07, 6.45) is 1.34. The number of aryl methyl sites for hydroxylation is 1. The van der Waals surface area contributed by atoms with Gasteiger partial charge in [-0.1, -0.05) is 6.07 Å². The molecule has 0 spiro atoms. The summed E-state index contributed by atoms with van der Waals surface area (Å²) in [5.41, 5.74) is 0.851. The van der Waals surface area contributed by atoms with Crippen molar-refractivity contribution in [2.45, 2.75) is 24.0 Å². The fourth-order valence-electron chi connectivity index (χ4n) is 3.14. The maximum absolute atomic E-state index is 12.7. The summed E-state index contributed by atoms with van der Waals surface area (Å²) in [7, 11) is -3.53. The second-order valence-electron chi connectivity index (χ2n) is 6.57. The third-order valence-electron chi connectivity index (χ3n) is 4.57. The zero-order valence-corrected chi connectivity index (χ0v) is 18.4. The van der Waals surface area contributed by atoms with Gasteiger partial charge in [0.1, 0.15) is 4.21 Å². The molecule has 0 aliphatic carbocycles. The molecule has 6 nitrogen and oxygen atoms in total. The van der Waals surface area contributed by atoms with Gasteiger partial charge in [0.05, 0.1) is 16.5 Å². The SMILES string of the molecule is Cc1ccc(-c2csc(NC(=O)C3CCCN(S(=O)(=O)c4cccs4)C3)n2)s1. The first-order valence-electron chi connectivity index (χ1n) is 8.80. The first-order chi connectivity index (χ1) is 13.4. The summed E-state index contributed by atoms with van der Waals surface area (Å²) in [6, 6.07) is 7.39. The predicted molar refractivity (Wildman–Crippen MR) is 115 cm³/mol. The van der Waals surface area contributed by atoms with Gasteiger partial charge in [-0.3, -0.25) is 4.79 Å². The van der Waals surface area contributed by atoms with E-state index in [0.717, 1.165) is 10.6 Å². The Bertz CT molecular complexity index is 1070. The Morgan fingerprint density at radius 1 is 1.29 bits per heavy atom. The highest BCUT2D eigenvalue weighted by Gasteiger charge is 2.34. The quantitative estimate of drug-likeness (QED) is 0.625. The molecule has 3 aromatic rings. The number of nitrogens with zero attached hydrogens (tertiary/aromatic N) is 2. The summed E-state index contributed by atoms with van der Waals surface area (Å²) in [5, 5.41) is 7.09. The minimum Gasteiger partial charge on any atom is -0.302 e. The monoisotopic (exact) mass is 453 g/mol. The van der Waals surface area contributed by atoms with E-state index in [1.165, 1.54) is 31.9 Å². The standard InChI is InChI=1S/C18H19N3O3S4/c1-12-6-7-15(27-12)14-11-26-18(19-14)20-17(22)13-4-2-8-21(10-13)28(23,24)16-5-3-9-25-16/h3,5-7,9,11,13H,2,4,8,10H2,1H3,(H,19,20,22). The van der Waals surface area contributed by atoms with Gasteiger partial charge in [0.2, 0.25) is 5.91 Å². The van der Waals surface area contributed by atoms with E-state index in [1.54, 1.807) is 28.8 Å². The zero-order chi connectivity index (χ0) is 19.7. The number of nitrogens with one attached hydrogen (secondary N) is 1. The molecule has 1 N–H and O–H groups in total. The van der Waals surface area contributed by atoms with Crippen LogP contribution in [0, 0.1) is 12.8 Å². The molecule has 4 heterocycles. The van der Waals surface area contributed by atoms with Crippen molar-refractivity contribution >= 4 is 55.1 Å². The van der Waals surface area contributed by atoms with Gasteiger partial charge in [0, 0.05) is 23.3 Å². The van der Waals surface area contributed by atoms with E-state index < -0.39 is 10.0 Å². The van der Waals surface area contributed by atoms with Crippen LogP contribution in [0.3, 0.4) is 0 Å². The van der Waals surface area contributed by atoms with Crippen LogP contribution in [0.1, 0.15) is 17.7 Å². The van der Waals surface area contributed by atoms with E-state index in [-0.39, 0.29) is 18.4 Å². The molecule has 10 heteroatoms. The fourth-order valence-corrected chi connectivity index (χ4v) is 7.42. The normalized spacial score (nSPS) is 18.2. The highest BCUT2D eigenvalue weighted by Crippen LogP contribution is 2.31. The number of carbonyl (C=O) groups excluding carboxylic acids is 1. The van der Waals surface area contributed by atoms with Gasteiger partial charge in [-0.2, -0.15) is 4.31 Å². The van der Waals surface area contributed by atoms with Gasteiger partial charge in [0.15, 0.2) is 5.13 Å². The van der Waals surface area contributed by atoms with Crippen molar-refractivity contribution in [2.24, 2.45) is 5.92 Å². The average Bonchev–Trinajstić information content (AvgIpc) is 3.43. The Morgan fingerprint density at radius 2 is 2.14 bits per heavy atom. The van der Waals surface area contributed by atoms with Crippen LogP contribution in [-0.2, 0) is 14.8 Å². The molecule has 1 aliphatic rings. The van der Waals surface area contributed by atoms with E-state index in [1.807, 2.05) is 24.4 Å². The van der Waals surface area contributed by atoms with Crippen molar-refractivity contribution < 1.29 is 13.2 Å². The van der Waals surface area contributed by atoms with E-state index in [4.69, 9.17) is 0 Å². The van der Waals surface area contributed by atoms with E-state index >= 15 is 0 Å². The largest absolute Gasteiger partial charge is 0.302 e. The van der Waals surface area contributed by atoms with Gasteiger partial charge < -0.3 is 5.32 Å². The molecular weight excluding hydrogens is 434 g/mol. The van der Waals surface area contributed by atoms with Crippen LogP contribution in [0.2, 0.25) is 0 Å². The molecular formula is C18H19N3O3S4. The van der Waals surface area contributed by atoms with Crippen LogP contribution in [0.15, 0.2) is 39.2 Å². The maximum Gasteiger partial charge on any atom is 0.252 e. The number of thiophene rings is 2. The molecule has 0 bridgehead atoms. The Labute approximate surface area is 175 Å². The Kier molecular flexibility index (Phi) is 5.66. The molecule has 3 aromatic heterocycles. The number of carbonyl (C=O) groups is 1. The Hall–Kier alpha value is -1.59. The van der Waals surface area contributed by atoms with Crippen LogP contribution in [0.5, 0.6) is 0 Å². The molecule has 1 atom stereocenters. The number of amides is 1. The Morgan fingerprint density at radius 3 is 2.86 bits per heavy atom. The molecule has 1 fully saturated rings. The summed E-state index contributed by atoms with van der Waals surface area (Å²) >= 11 is 4.25. The van der Waals surface area contributed by atoms with Crippen molar-refractivity contribution in [3.05, 3.63) is 39.9 Å². The topological polar surface area (TPSA) is 79.4 Å². The first-order valence-corrected chi connectivity index (χ1v) is 12.8. The van der Waals surface area contributed by atoms with Crippen molar-refractivity contribution in [3.8, 4) is 10.6 Å². The molecule has 0 radical (unpaired) electrons. The van der Waals surface area contributed by atoms with Gasteiger partial charge in [-0.25, -0.2) is 13.4 Å². The van der Waals surface area contributed by atoms with Crippen molar-refractivity contribution in [2.75, 3.05) is 18.4 Å². The third-order valence-corrected chi connectivity index (χ3v) is 9.59. The van der Waals surface area contributed by atoms with Crippen molar-refractivity contribution in [1.29, 1.82) is 0 Å². The summed E-state index contributed by atoms with van der Waals surface area (Å²) in [6.45, 7) is 2.69. The number of hydrogen-bond acceptors (Lipinski definition) is 7. The van der Waals surface area contributed by atoms with Gasteiger partial charge in [-0.15, -0.1) is 34.0 Å². The number of aromatic nitrogens is 1. The van der Waals surface area contributed by atoms with Crippen molar-refractivity contribution in [3.63, 3.8) is 0 Å². The van der Waals surface area contributed by atoms with Crippen LogP contribution in [0.4, 0.5) is 5.13 Å². The zero-order valence-electron chi connectivity index (χ0n) is 15.1. The molecule has 148 valence electrons. The van der Waals surface area contributed by atoms with Crippen LogP contribution >= 0.6 is 34.0 Å². The lowest BCUT2D eigenvalue weighted by molar-refractivity contribution is -0.120. The van der Waals surface area contributed by atoms with E-state index in [0.29, 0.717) is 28.7 Å². The van der Waals surface area contributed by atoms with Gasteiger partial charge in [-0.05, 0) is 43.3 Å². The lowest BCUT2D eigenvalue weighted by Gasteiger charge is -2.30. The summed E-state index contributed by atoms with van der Waals surface area (Å²) < 4.78 is 27.2. The molecule has 0 aromatic carbocycles. The summed E-state index contributed by atoms with van der Waals surface area (Å²) in [5.74, 6) is -0.547. The Balaban J connectivity index is 1.43. The second kappa shape index (κ2) is 8.03. The highest BCUT2D eigenvalue weighted by atomic mass is 32.2. The number of thiazole rings is 1. The molecule has 4 rings (SSSR count). The molecule has 28 heavy (non-hydrogen) atoms. The third kappa shape index (κ3) is 4.06. The molecule has 1 amide bonds. The van der Waals surface area contributed by atoms with Gasteiger partial charge in [0.25, 0.3) is 10.0 Å². The van der Waals surface area contributed by atoms with Crippen LogP contribution in [-0.4, -0.2) is 36.7 Å². The molecule has 0 saturated carbocycles. The summed E-state index contributed by atoms with van der Waals surface area (Å²) in [4.78, 5) is 19.5. The predicted octanol–water partition coefficient (Wildman–Crippen LogP) is 4.28. The minimum absolute atomic E-state index is 0.172. The lowest BCUT2D eigenvalue weighted by atomic mass is 9.99. The number of piperidine rings is 1.